The largest absolute Gasteiger partial charge is 0.311 e. The van der Waals surface area contributed by atoms with Crippen molar-refractivity contribution in [2.75, 3.05) is 12.8 Å². The molecule has 0 saturated carbocycles. The van der Waals surface area contributed by atoms with Crippen LogP contribution >= 0.6 is 27.7 Å². The summed E-state index contributed by atoms with van der Waals surface area (Å²) in [5.41, 5.74) is 1.10. The Hall–Kier alpha value is -0.0700. The van der Waals surface area contributed by atoms with E-state index in [1.54, 1.807) is 0 Å². The number of aromatic nitrogens is 3. The average Bonchev–Trinajstić information content (AvgIpc) is 2.48. The predicted molar refractivity (Wildman–Crippen MR) is 72.7 cm³/mol. The minimum Gasteiger partial charge on any atom is -0.311 e. The lowest BCUT2D eigenvalue weighted by Gasteiger charge is -2.22. The zero-order chi connectivity index (χ0) is 12.3. The summed E-state index contributed by atoms with van der Waals surface area (Å²) >= 11 is 5.36. The fourth-order valence-electron chi connectivity index (χ4n) is 1.34. The van der Waals surface area contributed by atoms with Gasteiger partial charge in [-0.05, 0) is 23.0 Å². The Morgan fingerprint density at radius 3 is 2.50 bits per heavy atom. The average molecular weight is 307 g/mol. The molecule has 0 aliphatic carbocycles. The summed E-state index contributed by atoms with van der Waals surface area (Å²) in [5, 5.41) is 11.3. The fraction of sp³-hybridized carbons (Fsp3) is 0.800. The predicted octanol–water partition coefficient (Wildman–Crippen LogP) is 2.37. The molecule has 0 aromatic carbocycles. The zero-order valence-corrected chi connectivity index (χ0v) is 12.8. The molecule has 4 nitrogen and oxygen atoms in total. The van der Waals surface area contributed by atoms with E-state index in [-0.39, 0.29) is 10.8 Å². The molecule has 92 valence electrons. The summed E-state index contributed by atoms with van der Waals surface area (Å²) in [6, 6.07) is 0.263. The molecular formula is C10H19BrN4S. The molecule has 1 unspecified atom stereocenters. The third kappa shape index (κ3) is 3.75. The van der Waals surface area contributed by atoms with Crippen molar-refractivity contribution in [2.45, 2.75) is 31.6 Å². The monoisotopic (exact) mass is 306 g/mol. The maximum absolute atomic E-state index is 4.01. The normalized spacial score (nSPS) is 14.1. The summed E-state index contributed by atoms with van der Waals surface area (Å²) in [5.74, 6) is 1.000. The smallest absolute Gasteiger partial charge is 0.153 e. The molecule has 1 rings (SSSR count). The lowest BCUT2D eigenvalue weighted by molar-refractivity contribution is 0.576. The molecule has 1 heterocycles. The minimum absolute atomic E-state index is 0.263. The molecule has 0 saturated heterocycles. The fourth-order valence-corrected chi connectivity index (χ4v) is 2.94. The van der Waals surface area contributed by atoms with Crippen LogP contribution in [0.15, 0.2) is 4.60 Å². The molecule has 16 heavy (non-hydrogen) atoms. The number of aryl methyl sites for hydroxylation is 1. The second kappa shape index (κ2) is 5.51. The summed E-state index contributed by atoms with van der Waals surface area (Å²) in [6.07, 6.45) is 0. The third-order valence-corrected chi connectivity index (χ3v) is 4.12. The first kappa shape index (κ1) is 14.0. The highest BCUT2D eigenvalue weighted by molar-refractivity contribution is 9.10. The minimum atomic E-state index is 0.263. The maximum atomic E-state index is 4.01. The highest BCUT2D eigenvalue weighted by Crippen LogP contribution is 2.30. The van der Waals surface area contributed by atoms with Gasteiger partial charge in [0.05, 0.1) is 11.7 Å². The van der Waals surface area contributed by atoms with Gasteiger partial charge in [0.1, 0.15) is 0 Å². The number of rotatable bonds is 4. The molecule has 1 aromatic heterocycles. The van der Waals surface area contributed by atoms with Crippen LogP contribution in [-0.4, -0.2) is 32.5 Å². The van der Waals surface area contributed by atoms with E-state index in [1.165, 1.54) is 0 Å². The molecule has 1 N–H and O–H groups in total. The molecule has 0 spiro atoms. The second-order valence-corrected chi connectivity index (χ2v) is 7.25. The van der Waals surface area contributed by atoms with Gasteiger partial charge in [-0.15, -0.1) is 5.10 Å². The Morgan fingerprint density at radius 2 is 2.12 bits per heavy atom. The van der Waals surface area contributed by atoms with E-state index in [4.69, 9.17) is 0 Å². The number of thioether (sulfide) groups is 1. The topological polar surface area (TPSA) is 42.7 Å². The van der Waals surface area contributed by atoms with Crippen LogP contribution in [0.2, 0.25) is 0 Å². The van der Waals surface area contributed by atoms with Crippen molar-refractivity contribution in [3.05, 3.63) is 10.3 Å². The van der Waals surface area contributed by atoms with Crippen LogP contribution in [0.25, 0.3) is 0 Å². The van der Waals surface area contributed by atoms with Gasteiger partial charge in [0.2, 0.25) is 0 Å². The van der Waals surface area contributed by atoms with Gasteiger partial charge in [0, 0.05) is 17.5 Å². The van der Waals surface area contributed by atoms with Crippen molar-refractivity contribution >= 4 is 27.7 Å². The molecule has 6 heteroatoms. The second-order valence-electron chi connectivity index (χ2n) is 4.65. The van der Waals surface area contributed by atoms with E-state index >= 15 is 0 Å². The molecule has 0 bridgehead atoms. The van der Waals surface area contributed by atoms with E-state index in [2.05, 4.69) is 52.3 Å². The van der Waals surface area contributed by atoms with E-state index in [0.29, 0.717) is 0 Å². The number of hydrogen-bond donors (Lipinski definition) is 1. The molecule has 0 aliphatic rings. The van der Waals surface area contributed by atoms with Crippen molar-refractivity contribution in [1.82, 2.24) is 20.3 Å². The lowest BCUT2D eigenvalue weighted by atomic mass is 10.2. The van der Waals surface area contributed by atoms with Gasteiger partial charge < -0.3 is 5.32 Å². The van der Waals surface area contributed by atoms with Crippen LogP contribution in [0.5, 0.6) is 0 Å². The van der Waals surface area contributed by atoms with Gasteiger partial charge >= 0.3 is 0 Å². The van der Waals surface area contributed by atoms with Crippen LogP contribution in [-0.2, 0) is 7.05 Å². The molecule has 1 aromatic rings. The number of nitrogens with one attached hydrogen (secondary N) is 1. The van der Waals surface area contributed by atoms with Gasteiger partial charge in [-0.25, -0.2) is 4.68 Å². The van der Waals surface area contributed by atoms with Crippen LogP contribution < -0.4 is 5.32 Å². The first-order valence-corrected chi connectivity index (χ1v) is 6.99. The van der Waals surface area contributed by atoms with Gasteiger partial charge in [-0.3, -0.25) is 0 Å². The van der Waals surface area contributed by atoms with Crippen molar-refractivity contribution in [1.29, 1.82) is 0 Å². The number of nitrogens with zero attached hydrogens (tertiary/aromatic N) is 3. The first-order valence-electron chi connectivity index (χ1n) is 5.21. The van der Waals surface area contributed by atoms with E-state index in [9.17, 15) is 0 Å². The Kier molecular flexibility index (Phi) is 4.82. The van der Waals surface area contributed by atoms with Crippen LogP contribution in [0.4, 0.5) is 0 Å². The van der Waals surface area contributed by atoms with Crippen molar-refractivity contribution < 1.29 is 0 Å². The van der Waals surface area contributed by atoms with Crippen LogP contribution in [0.1, 0.15) is 32.5 Å². The van der Waals surface area contributed by atoms with Gasteiger partial charge in [-0.1, -0.05) is 26.0 Å². The molecule has 0 aliphatic heterocycles. The van der Waals surface area contributed by atoms with Crippen LogP contribution in [0, 0.1) is 0 Å². The van der Waals surface area contributed by atoms with Crippen molar-refractivity contribution in [2.24, 2.45) is 7.05 Å². The first-order chi connectivity index (χ1) is 7.35. The maximum Gasteiger partial charge on any atom is 0.153 e. The van der Waals surface area contributed by atoms with E-state index in [0.717, 1.165) is 16.0 Å². The molecule has 0 amide bonds. The number of halogens is 1. The Morgan fingerprint density at radius 1 is 1.50 bits per heavy atom. The van der Waals surface area contributed by atoms with Gasteiger partial charge in [0.25, 0.3) is 0 Å². The standard InChI is InChI=1S/C10H19BrN4S/c1-10(2,3)16-6-7(12-4)8-9(11)13-14-15(8)5/h7,12H,6H2,1-5H3. The number of hydrogen-bond acceptors (Lipinski definition) is 4. The SMILES string of the molecule is CNC(CSC(C)(C)C)c1c(Br)nnn1C. The summed E-state index contributed by atoms with van der Waals surface area (Å²) in [4.78, 5) is 0. The highest BCUT2D eigenvalue weighted by atomic mass is 79.9. The summed E-state index contributed by atoms with van der Waals surface area (Å²) in [7, 11) is 3.88. The summed E-state index contributed by atoms with van der Waals surface area (Å²) < 4.78 is 2.91. The Labute approximate surface area is 110 Å². The van der Waals surface area contributed by atoms with Gasteiger partial charge in [-0.2, -0.15) is 11.8 Å². The zero-order valence-electron chi connectivity index (χ0n) is 10.4. The van der Waals surface area contributed by atoms with Gasteiger partial charge in [0.15, 0.2) is 4.60 Å². The Bertz CT molecular complexity index is 326. The van der Waals surface area contributed by atoms with Crippen molar-refractivity contribution in [3.63, 3.8) is 0 Å². The highest BCUT2D eigenvalue weighted by Gasteiger charge is 2.21. The molecule has 0 fully saturated rings. The summed E-state index contributed by atoms with van der Waals surface area (Å²) in [6.45, 7) is 6.67. The van der Waals surface area contributed by atoms with E-state index < -0.39 is 0 Å². The molecule has 0 radical (unpaired) electrons. The van der Waals surface area contributed by atoms with Crippen molar-refractivity contribution in [3.8, 4) is 0 Å². The van der Waals surface area contributed by atoms with Crippen LogP contribution in [0.3, 0.4) is 0 Å². The molecular weight excluding hydrogens is 288 g/mol. The third-order valence-electron chi connectivity index (χ3n) is 2.19. The quantitative estimate of drug-likeness (QED) is 0.927. The van der Waals surface area contributed by atoms with E-state index in [1.807, 2.05) is 30.5 Å². The Balaban J connectivity index is 2.75. The molecule has 1 atom stereocenters. The lowest BCUT2D eigenvalue weighted by Crippen LogP contribution is -2.24.